The van der Waals surface area contributed by atoms with Gasteiger partial charge in [-0.1, -0.05) is 12.1 Å². The highest BCUT2D eigenvalue weighted by Gasteiger charge is 2.30. The van der Waals surface area contributed by atoms with Crippen LogP contribution in [0.15, 0.2) is 24.3 Å². The predicted octanol–water partition coefficient (Wildman–Crippen LogP) is 2.01. The monoisotopic (exact) mass is 250 g/mol. The molecule has 1 atom stereocenters. The number of ether oxygens (including phenoxy) is 2. The van der Waals surface area contributed by atoms with Crippen molar-refractivity contribution in [2.45, 2.75) is 24.8 Å². The zero-order valence-corrected chi connectivity index (χ0v) is 10.9. The fraction of sp³-hybridized carbons (Fsp3) is 0.571. The predicted molar refractivity (Wildman–Crippen MR) is 73.1 cm³/mol. The Bertz CT molecular complexity index is 374. The van der Waals surface area contributed by atoms with E-state index in [4.69, 9.17) is 15.2 Å². The molecule has 0 bridgehead atoms. The van der Waals surface area contributed by atoms with Gasteiger partial charge in [0.1, 0.15) is 5.75 Å². The Morgan fingerprint density at radius 1 is 1.33 bits per heavy atom. The van der Waals surface area contributed by atoms with Gasteiger partial charge in [0, 0.05) is 19.8 Å². The molecule has 4 heteroatoms. The van der Waals surface area contributed by atoms with Gasteiger partial charge in [-0.3, -0.25) is 0 Å². The van der Waals surface area contributed by atoms with Crippen molar-refractivity contribution < 1.29 is 9.47 Å². The molecule has 0 amide bonds. The first kappa shape index (κ1) is 13.2. The standard InChI is InChI=1S/C14H22N2O2/c1-17-13-6-3-2-5-12(13)16-14(11-15)7-4-9-18-10-8-14/h2-3,5-6,16H,4,7-11,15H2,1H3. The Balaban J connectivity index is 2.18. The van der Waals surface area contributed by atoms with Crippen molar-refractivity contribution in [1.29, 1.82) is 0 Å². The highest BCUT2D eigenvalue weighted by molar-refractivity contribution is 5.57. The summed E-state index contributed by atoms with van der Waals surface area (Å²) in [6.45, 7) is 2.20. The van der Waals surface area contributed by atoms with E-state index in [2.05, 4.69) is 5.32 Å². The average molecular weight is 250 g/mol. The number of methoxy groups -OCH3 is 1. The zero-order chi connectivity index (χ0) is 12.8. The van der Waals surface area contributed by atoms with Crippen LogP contribution in [0.3, 0.4) is 0 Å². The lowest BCUT2D eigenvalue weighted by Gasteiger charge is -2.33. The largest absolute Gasteiger partial charge is 0.495 e. The van der Waals surface area contributed by atoms with Gasteiger partial charge in [-0.2, -0.15) is 0 Å². The van der Waals surface area contributed by atoms with Gasteiger partial charge in [-0.15, -0.1) is 0 Å². The summed E-state index contributed by atoms with van der Waals surface area (Å²) in [7, 11) is 1.69. The van der Waals surface area contributed by atoms with Gasteiger partial charge in [0.05, 0.1) is 18.3 Å². The molecule has 1 fully saturated rings. The first-order valence-corrected chi connectivity index (χ1v) is 6.49. The van der Waals surface area contributed by atoms with E-state index in [1.54, 1.807) is 7.11 Å². The fourth-order valence-corrected chi connectivity index (χ4v) is 2.42. The highest BCUT2D eigenvalue weighted by atomic mass is 16.5. The first-order chi connectivity index (χ1) is 8.79. The van der Waals surface area contributed by atoms with Crippen molar-refractivity contribution in [2.75, 3.05) is 32.2 Å². The molecule has 18 heavy (non-hydrogen) atoms. The lowest BCUT2D eigenvalue weighted by atomic mass is 9.90. The summed E-state index contributed by atoms with van der Waals surface area (Å²) < 4.78 is 10.9. The summed E-state index contributed by atoms with van der Waals surface area (Å²) in [6, 6.07) is 7.96. The lowest BCUT2D eigenvalue weighted by molar-refractivity contribution is 0.141. The SMILES string of the molecule is COc1ccccc1NC1(CN)CCCOCC1. The second kappa shape index (κ2) is 6.07. The molecule has 0 aromatic heterocycles. The number of anilines is 1. The number of rotatable bonds is 4. The van der Waals surface area contributed by atoms with Crippen LogP contribution in [-0.4, -0.2) is 32.4 Å². The molecule has 1 aliphatic heterocycles. The lowest BCUT2D eigenvalue weighted by Crippen LogP contribution is -2.45. The van der Waals surface area contributed by atoms with Crippen molar-refractivity contribution in [3.8, 4) is 5.75 Å². The number of hydrogen-bond donors (Lipinski definition) is 2. The minimum Gasteiger partial charge on any atom is -0.495 e. The van der Waals surface area contributed by atoms with E-state index in [0.29, 0.717) is 6.54 Å². The summed E-state index contributed by atoms with van der Waals surface area (Å²) in [6.07, 6.45) is 3.00. The molecular weight excluding hydrogens is 228 g/mol. The number of nitrogens with one attached hydrogen (secondary N) is 1. The van der Waals surface area contributed by atoms with Crippen molar-refractivity contribution in [2.24, 2.45) is 5.73 Å². The van der Waals surface area contributed by atoms with Crippen LogP contribution in [0.2, 0.25) is 0 Å². The number of benzene rings is 1. The van der Waals surface area contributed by atoms with E-state index in [-0.39, 0.29) is 5.54 Å². The molecule has 2 rings (SSSR count). The maximum absolute atomic E-state index is 5.99. The van der Waals surface area contributed by atoms with Crippen molar-refractivity contribution in [3.63, 3.8) is 0 Å². The third-order valence-corrected chi connectivity index (χ3v) is 3.57. The Morgan fingerprint density at radius 2 is 2.17 bits per heavy atom. The number of nitrogens with two attached hydrogens (primary N) is 1. The van der Waals surface area contributed by atoms with E-state index in [1.165, 1.54) is 0 Å². The van der Waals surface area contributed by atoms with Crippen molar-refractivity contribution in [3.05, 3.63) is 24.3 Å². The molecule has 1 unspecified atom stereocenters. The van der Waals surface area contributed by atoms with Crippen LogP contribution in [0, 0.1) is 0 Å². The molecule has 1 aliphatic rings. The maximum Gasteiger partial charge on any atom is 0.141 e. The molecule has 100 valence electrons. The fourth-order valence-electron chi connectivity index (χ4n) is 2.42. The topological polar surface area (TPSA) is 56.5 Å². The highest BCUT2D eigenvalue weighted by Crippen LogP contribution is 2.30. The van der Waals surface area contributed by atoms with Gasteiger partial charge in [0.15, 0.2) is 0 Å². The van der Waals surface area contributed by atoms with Gasteiger partial charge in [0.2, 0.25) is 0 Å². The normalized spacial score (nSPS) is 24.3. The average Bonchev–Trinajstić information content (AvgIpc) is 2.66. The minimum absolute atomic E-state index is 0.0782. The van der Waals surface area contributed by atoms with E-state index < -0.39 is 0 Å². The molecule has 0 aliphatic carbocycles. The van der Waals surface area contributed by atoms with E-state index in [9.17, 15) is 0 Å². The summed E-state index contributed by atoms with van der Waals surface area (Å²) in [5, 5.41) is 3.57. The Morgan fingerprint density at radius 3 is 2.94 bits per heavy atom. The summed E-state index contributed by atoms with van der Waals surface area (Å²) in [4.78, 5) is 0. The second-order valence-corrected chi connectivity index (χ2v) is 4.78. The van der Waals surface area contributed by atoms with Gasteiger partial charge in [-0.05, 0) is 31.4 Å². The summed E-state index contributed by atoms with van der Waals surface area (Å²) in [5.41, 5.74) is 6.92. The Labute approximate surface area is 108 Å². The van der Waals surface area contributed by atoms with Gasteiger partial charge >= 0.3 is 0 Å². The Kier molecular flexibility index (Phi) is 4.44. The summed E-state index contributed by atoms with van der Waals surface area (Å²) >= 11 is 0. The van der Waals surface area contributed by atoms with E-state index in [0.717, 1.165) is 43.9 Å². The molecule has 0 spiro atoms. The zero-order valence-electron chi connectivity index (χ0n) is 10.9. The van der Waals surface area contributed by atoms with Gasteiger partial charge in [0.25, 0.3) is 0 Å². The quantitative estimate of drug-likeness (QED) is 0.858. The van der Waals surface area contributed by atoms with E-state index >= 15 is 0 Å². The number of para-hydroxylation sites is 2. The smallest absolute Gasteiger partial charge is 0.141 e. The third kappa shape index (κ3) is 2.94. The first-order valence-electron chi connectivity index (χ1n) is 6.49. The molecular formula is C14H22N2O2. The van der Waals surface area contributed by atoms with Crippen LogP contribution in [0.25, 0.3) is 0 Å². The van der Waals surface area contributed by atoms with Crippen LogP contribution in [0.4, 0.5) is 5.69 Å². The van der Waals surface area contributed by atoms with Gasteiger partial charge < -0.3 is 20.5 Å². The van der Waals surface area contributed by atoms with Crippen LogP contribution in [0.5, 0.6) is 5.75 Å². The third-order valence-electron chi connectivity index (χ3n) is 3.57. The van der Waals surface area contributed by atoms with Gasteiger partial charge in [-0.25, -0.2) is 0 Å². The van der Waals surface area contributed by atoms with Crippen molar-refractivity contribution >= 4 is 5.69 Å². The maximum atomic E-state index is 5.99. The molecule has 1 aromatic carbocycles. The molecule has 0 saturated carbocycles. The van der Waals surface area contributed by atoms with Crippen LogP contribution >= 0.6 is 0 Å². The van der Waals surface area contributed by atoms with Crippen LogP contribution in [-0.2, 0) is 4.74 Å². The summed E-state index contributed by atoms with van der Waals surface area (Å²) in [5.74, 6) is 0.857. The molecule has 0 radical (unpaired) electrons. The van der Waals surface area contributed by atoms with Crippen molar-refractivity contribution in [1.82, 2.24) is 0 Å². The number of hydrogen-bond acceptors (Lipinski definition) is 4. The molecule has 1 heterocycles. The minimum atomic E-state index is -0.0782. The van der Waals surface area contributed by atoms with E-state index in [1.807, 2.05) is 24.3 Å². The molecule has 1 aromatic rings. The molecule has 1 saturated heterocycles. The molecule has 4 nitrogen and oxygen atoms in total. The van der Waals surface area contributed by atoms with Crippen LogP contribution in [0.1, 0.15) is 19.3 Å². The Hall–Kier alpha value is -1.26. The van der Waals surface area contributed by atoms with Crippen LogP contribution < -0.4 is 15.8 Å². The second-order valence-electron chi connectivity index (χ2n) is 4.78. The molecule has 3 N–H and O–H groups in total.